The Bertz CT molecular complexity index is 861. The number of rotatable bonds is 3. The minimum atomic E-state index is -0.767. The van der Waals surface area contributed by atoms with E-state index in [0.29, 0.717) is 17.9 Å². The van der Waals surface area contributed by atoms with Gasteiger partial charge >= 0.3 is 0 Å². The predicted molar refractivity (Wildman–Crippen MR) is 96.7 cm³/mol. The number of hydrogen-bond donors (Lipinski definition) is 0. The third-order valence-electron chi connectivity index (χ3n) is 4.20. The Labute approximate surface area is 145 Å². The van der Waals surface area contributed by atoms with Gasteiger partial charge in [-0.05, 0) is 29.8 Å². The highest BCUT2D eigenvalue weighted by molar-refractivity contribution is 8.01. The molecule has 3 heteroatoms. The summed E-state index contributed by atoms with van der Waals surface area (Å²) in [6, 6.07) is 27.4. The first-order chi connectivity index (χ1) is 11.8. The van der Waals surface area contributed by atoms with Crippen LogP contribution in [0.2, 0.25) is 0 Å². The zero-order valence-corrected chi connectivity index (χ0v) is 13.8. The van der Waals surface area contributed by atoms with Crippen molar-refractivity contribution in [3.63, 3.8) is 0 Å². The minimum absolute atomic E-state index is 0.101. The van der Waals surface area contributed by atoms with Crippen molar-refractivity contribution in [2.45, 2.75) is 9.64 Å². The Morgan fingerprint density at radius 2 is 1.42 bits per heavy atom. The Morgan fingerprint density at radius 3 is 2.17 bits per heavy atom. The summed E-state index contributed by atoms with van der Waals surface area (Å²) >= 11 is 1.56. The molecule has 0 fully saturated rings. The van der Waals surface area contributed by atoms with E-state index >= 15 is 0 Å². The Kier molecular flexibility index (Phi) is 3.87. The molecule has 0 spiro atoms. The summed E-state index contributed by atoms with van der Waals surface area (Å²) in [7, 11) is 0. The number of ketones is 1. The van der Waals surface area contributed by atoms with E-state index in [0.717, 1.165) is 10.5 Å². The van der Waals surface area contributed by atoms with Crippen LogP contribution in [-0.2, 0) is 4.75 Å². The van der Waals surface area contributed by atoms with Gasteiger partial charge in [0.1, 0.15) is 17.1 Å². The number of para-hydroxylation sites is 1. The highest BCUT2D eigenvalue weighted by Gasteiger charge is 2.46. The maximum absolute atomic E-state index is 13.4. The van der Waals surface area contributed by atoms with Crippen molar-refractivity contribution < 1.29 is 9.53 Å². The third-order valence-corrected chi connectivity index (χ3v) is 5.60. The van der Waals surface area contributed by atoms with Gasteiger partial charge in [-0.2, -0.15) is 0 Å². The molecule has 0 saturated carbocycles. The van der Waals surface area contributed by atoms with E-state index in [1.54, 1.807) is 11.8 Å². The lowest BCUT2D eigenvalue weighted by Gasteiger charge is -2.36. The smallest absolute Gasteiger partial charge is 0.190 e. The molecular formula is C21H16O2S. The van der Waals surface area contributed by atoms with Crippen LogP contribution in [0.25, 0.3) is 0 Å². The van der Waals surface area contributed by atoms with Crippen LogP contribution in [0.4, 0.5) is 0 Å². The van der Waals surface area contributed by atoms with Crippen LogP contribution in [0, 0.1) is 0 Å². The number of carbonyl (C=O) groups is 1. The summed E-state index contributed by atoms with van der Waals surface area (Å²) in [5.74, 6) is 0.770. The molecule has 0 saturated heterocycles. The van der Waals surface area contributed by atoms with E-state index in [1.165, 1.54) is 0 Å². The third kappa shape index (κ3) is 2.51. The molecule has 1 aliphatic heterocycles. The average molecular weight is 332 g/mol. The lowest BCUT2D eigenvalue weighted by atomic mass is 9.88. The minimum Gasteiger partial charge on any atom is -0.491 e. The lowest BCUT2D eigenvalue weighted by Crippen LogP contribution is -2.42. The van der Waals surface area contributed by atoms with E-state index in [-0.39, 0.29) is 5.78 Å². The first kappa shape index (κ1) is 15.0. The zero-order valence-electron chi connectivity index (χ0n) is 13.0. The molecule has 0 amide bonds. The van der Waals surface area contributed by atoms with Gasteiger partial charge in [-0.3, -0.25) is 4.79 Å². The second-order valence-corrected chi connectivity index (χ2v) is 7.09. The van der Waals surface area contributed by atoms with Crippen molar-refractivity contribution in [2.75, 3.05) is 6.61 Å². The number of carbonyl (C=O) groups excluding carboxylic acids is 1. The van der Waals surface area contributed by atoms with E-state index < -0.39 is 4.75 Å². The molecule has 0 aromatic heterocycles. The van der Waals surface area contributed by atoms with Crippen LogP contribution in [0.3, 0.4) is 0 Å². The Hall–Kier alpha value is -2.52. The summed E-state index contributed by atoms with van der Waals surface area (Å²) in [6.07, 6.45) is 0. The summed E-state index contributed by atoms with van der Waals surface area (Å²) in [4.78, 5) is 14.5. The largest absolute Gasteiger partial charge is 0.491 e. The summed E-state index contributed by atoms with van der Waals surface area (Å²) in [5.41, 5.74) is 1.62. The van der Waals surface area contributed by atoms with E-state index in [4.69, 9.17) is 4.74 Å². The fourth-order valence-corrected chi connectivity index (χ4v) is 4.26. The van der Waals surface area contributed by atoms with Crippen molar-refractivity contribution in [3.05, 3.63) is 96.1 Å². The molecule has 24 heavy (non-hydrogen) atoms. The van der Waals surface area contributed by atoms with Crippen molar-refractivity contribution in [1.29, 1.82) is 0 Å². The molecule has 1 aliphatic rings. The second kappa shape index (κ2) is 6.17. The van der Waals surface area contributed by atoms with E-state index in [1.807, 2.05) is 84.9 Å². The van der Waals surface area contributed by atoms with Gasteiger partial charge in [0.2, 0.25) is 0 Å². The van der Waals surface area contributed by atoms with Gasteiger partial charge in [0, 0.05) is 4.90 Å². The molecule has 0 radical (unpaired) electrons. The quantitative estimate of drug-likeness (QED) is 0.679. The molecule has 1 atom stereocenters. The highest BCUT2D eigenvalue weighted by atomic mass is 32.2. The average Bonchev–Trinajstić information content (AvgIpc) is 2.66. The van der Waals surface area contributed by atoms with Crippen LogP contribution in [-0.4, -0.2) is 12.4 Å². The topological polar surface area (TPSA) is 26.3 Å². The van der Waals surface area contributed by atoms with Crippen LogP contribution in [0.5, 0.6) is 5.75 Å². The van der Waals surface area contributed by atoms with Gasteiger partial charge in [0.25, 0.3) is 0 Å². The van der Waals surface area contributed by atoms with Crippen molar-refractivity contribution in [3.8, 4) is 5.75 Å². The summed E-state index contributed by atoms with van der Waals surface area (Å²) in [5, 5.41) is 0. The molecular weight excluding hydrogens is 316 g/mol. The monoisotopic (exact) mass is 332 g/mol. The number of Topliss-reactive ketones (excluding diaryl/α,β-unsaturated/α-hetero) is 1. The van der Waals surface area contributed by atoms with E-state index in [9.17, 15) is 4.79 Å². The van der Waals surface area contributed by atoms with Crippen LogP contribution >= 0.6 is 11.8 Å². The van der Waals surface area contributed by atoms with Gasteiger partial charge in [0.05, 0.1) is 5.56 Å². The van der Waals surface area contributed by atoms with Gasteiger partial charge in [0.15, 0.2) is 5.78 Å². The molecule has 3 aromatic rings. The van der Waals surface area contributed by atoms with Crippen LogP contribution < -0.4 is 4.74 Å². The van der Waals surface area contributed by atoms with Crippen molar-refractivity contribution >= 4 is 17.5 Å². The van der Waals surface area contributed by atoms with Crippen molar-refractivity contribution in [1.82, 2.24) is 0 Å². The molecule has 118 valence electrons. The molecule has 3 aromatic carbocycles. The van der Waals surface area contributed by atoms with Crippen LogP contribution in [0.15, 0.2) is 89.8 Å². The number of ether oxygens (including phenoxy) is 1. The predicted octanol–water partition coefficient (Wildman–Crippen LogP) is 4.95. The molecule has 0 bridgehead atoms. The number of fused-ring (bicyclic) bond motifs is 1. The lowest BCUT2D eigenvalue weighted by molar-refractivity contribution is 0.0867. The fourth-order valence-electron chi connectivity index (χ4n) is 2.99. The van der Waals surface area contributed by atoms with Crippen molar-refractivity contribution in [2.24, 2.45) is 0 Å². The maximum Gasteiger partial charge on any atom is 0.190 e. The molecule has 1 heterocycles. The SMILES string of the molecule is O=C1c2ccccc2OCC1(Sc1ccccc1)c1ccccc1. The Morgan fingerprint density at radius 1 is 0.792 bits per heavy atom. The maximum atomic E-state index is 13.4. The molecule has 0 N–H and O–H groups in total. The fraction of sp³-hybridized carbons (Fsp3) is 0.0952. The normalized spacial score (nSPS) is 19.4. The number of thioether (sulfide) groups is 1. The standard InChI is InChI=1S/C21H16O2S/c22-20-18-13-7-8-14-19(18)23-15-21(20,16-9-3-1-4-10-16)24-17-11-5-2-6-12-17/h1-14H,15H2. The van der Waals surface area contributed by atoms with E-state index in [2.05, 4.69) is 0 Å². The highest BCUT2D eigenvalue weighted by Crippen LogP contribution is 2.47. The van der Waals surface area contributed by atoms with Gasteiger partial charge < -0.3 is 4.74 Å². The molecule has 2 nitrogen and oxygen atoms in total. The van der Waals surface area contributed by atoms with Gasteiger partial charge in [-0.25, -0.2) is 0 Å². The first-order valence-electron chi connectivity index (χ1n) is 7.86. The molecule has 1 unspecified atom stereocenters. The molecule has 0 aliphatic carbocycles. The van der Waals surface area contributed by atoms with Gasteiger partial charge in [-0.15, -0.1) is 11.8 Å². The number of benzene rings is 3. The summed E-state index contributed by atoms with van der Waals surface area (Å²) in [6.45, 7) is 0.326. The van der Waals surface area contributed by atoms with Gasteiger partial charge in [-0.1, -0.05) is 60.7 Å². The molecule has 4 rings (SSSR count). The second-order valence-electron chi connectivity index (χ2n) is 5.72. The van der Waals surface area contributed by atoms with Crippen LogP contribution in [0.1, 0.15) is 15.9 Å². The zero-order chi connectivity index (χ0) is 16.4. The number of hydrogen-bond acceptors (Lipinski definition) is 3. The first-order valence-corrected chi connectivity index (χ1v) is 8.67. The summed E-state index contributed by atoms with van der Waals surface area (Å²) < 4.78 is 5.23. The Balaban J connectivity index is 1.85.